The fraction of sp³-hybridized carbons (Fsp3) is 0.294. The Morgan fingerprint density at radius 3 is 2.46 bits per heavy atom. The molecule has 0 fully saturated rings. The van der Waals surface area contributed by atoms with Crippen LogP contribution in [0.5, 0.6) is 0 Å². The number of alkyl halides is 3. The fourth-order valence-corrected chi connectivity index (χ4v) is 2.29. The lowest BCUT2D eigenvalue weighted by atomic mass is 10.1. The molecule has 0 aliphatic rings. The van der Waals surface area contributed by atoms with Crippen LogP contribution in [-0.4, -0.2) is 23.0 Å². The zero-order valence-electron chi connectivity index (χ0n) is 13.3. The maximum Gasteiger partial charge on any atom is 0.416 e. The highest BCUT2D eigenvalue weighted by Gasteiger charge is 2.33. The summed E-state index contributed by atoms with van der Waals surface area (Å²) >= 11 is 0. The van der Waals surface area contributed by atoms with E-state index in [-0.39, 0.29) is 18.2 Å². The van der Waals surface area contributed by atoms with E-state index in [0.717, 1.165) is 11.6 Å². The molecule has 1 heterocycles. The molecule has 1 aromatic heterocycles. The van der Waals surface area contributed by atoms with E-state index in [1.807, 2.05) is 0 Å². The van der Waals surface area contributed by atoms with Gasteiger partial charge >= 0.3 is 12.2 Å². The van der Waals surface area contributed by atoms with E-state index in [0.29, 0.717) is 0 Å². The minimum absolute atomic E-state index is 0.0548. The summed E-state index contributed by atoms with van der Waals surface area (Å²) in [5, 5.41) is 2.75. The number of urea groups is 1. The highest BCUT2D eigenvalue weighted by Crippen LogP contribution is 2.32. The molecule has 1 N–H and O–H groups in total. The highest BCUT2D eigenvalue weighted by molar-refractivity contribution is 5.74. The summed E-state index contributed by atoms with van der Waals surface area (Å²) in [5.41, 5.74) is 0.188. The number of hydrogen-bond donors (Lipinski definition) is 1. The van der Waals surface area contributed by atoms with Crippen LogP contribution in [0.2, 0.25) is 0 Å². The Bertz CT molecular complexity index is 689. The average Bonchev–Trinajstić information content (AvgIpc) is 2.55. The number of amides is 2. The van der Waals surface area contributed by atoms with Crippen LogP contribution in [0.25, 0.3) is 0 Å². The van der Waals surface area contributed by atoms with Gasteiger partial charge in [0.25, 0.3) is 0 Å². The Morgan fingerprint density at radius 2 is 1.83 bits per heavy atom. The molecule has 4 nitrogen and oxygen atoms in total. The monoisotopic (exact) mass is 337 g/mol. The molecule has 1 unspecified atom stereocenters. The van der Waals surface area contributed by atoms with Crippen LogP contribution in [-0.2, 0) is 12.7 Å². The Kier molecular flexibility index (Phi) is 5.43. The zero-order valence-corrected chi connectivity index (χ0v) is 13.3. The van der Waals surface area contributed by atoms with Gasteiger partial charge < -0.3 is 10.2 Å². The van der Waals surface area contributed by atoms with Crippen LogP contribution in [0.15, 0.2) is 48.8 Å². The second-order valence-electron chi connectivity index (χ2n) is 5.46. The molecule has 24 heavy (non-hydrogen) atoms. The summed E-state index contributed by atoms with van der Waals surface area (Å²) in [6, 6.07) is 8.05. The van der Waals surface area contributed by atoms with Crippen LogP contribution in [0.1, 0.15) is 29.7 Å². The molecule has 0 aliphatic heterocycles. The smallest absolute Gasteiger partial charge is 0.331 e. The number of aromatic nitrogens is 1. The van der Waals surface area contributed by atoms with Gasteiger partial charge in [0.1, 0.15) is 0 Å². The van der Waals surface area contributed by atoms with Crippen LogP contribution in [0.3, 0.4) is 0 Å². The zero-order chi connectivity index (χ0) is 17.7. The third kappa shape index (κ3) is 4.47. The number of rotatable bonds is 4. The Hall–Kier alpha value is -2.57. The predicted molar refractivity (Wildman–Crippen MR) is 84.1 cm³/mol. The third-order valence-corrected chi connectivity index (χ3v) is 3.62. The molecule has 2 rings (SSSR count). The lowest BCUT2D eigenvalue weighted by Gasteiger charge is -2.23. The molecule has 0 aliphatic carbocycles. The molecule has 1 aromatic carbocycles. The normalized spacial score (nSPS) is 12.5. The minimum Gasteiger partial charge on any atom is -0.331 e. The maximum atomic E-state index is 13.0. The second kappa shape index (κ2) is 7.33. The number of carbonyl (C=O) groups excluding carboxylic acids is 1. The Balaban J connectivity index is 2.05. The van der Waals surface area contributed by atoms with E-state index < -0.39 is 17.8 Å². The maximum absolute atomic E-state index is 13.0. The van der Waals surface area contributed by atoms with Crippen LogP contribution in [0, 0.1) is 0 Å². The number of carbonyl (C=O) groups is 1. The number of benzene rings is 1. The molecule has 0 spiro atoms. The van der Waals surface area contributed by atoms with Gasteiger partial charge in [-0.05, 0) is 36.2 Å². The molecule has 0 saturated carbocycles. The summed E-state index contributed by atoms with van der Waals surface area (Å²) in [7, 11) is 1.46. The molecule has 2 amide bonds. The summed E-state index contributed by atoms with van der Waals surface area (Å²) in [5.74, 6) is 0. The van der Waals surface area contributed by atoms with E-state index >= 15 is 0 Å². The minimum atomic E-state index is -4.45. The molecule has 0 radical (unpaired) electrons. The first-order valence-corrected chi connectivity index (χ1v) is 7.35. The van der Waals surface area contributed by atoms with Gasteiger partial charge in [0, 0.05) is 26.0 Å². The quantitative estimate of drug-likeness (QED) is 0.916. The van der Waals surface area contributed by atoms with Gasteiger partial charge in [-0.15, -0.1) is 0 Å². The standard InChI is InChI=1S/C17H18F3N3O/c1-12(13-7-9-21-10-8-13)22-16(24)23(2)11-14-5-3-4-6-15(14)17(18,19)20/h3-10,12H,11H2,1-2H3,(H,22,24). The van der Waals surface area contributed by atoms with Crippen LogP contribution >= 0.6 is 0 Å². The number of nitrogens with zero attached hydrogens (tertiary/aromatic N) is 2. The lowest BCUT2D eigenvalue weighted by molar-refractivity contribution is -0.138. The topological polar surface area (TPSA) is 45.2 Å². The van der Waals surface area contributed by atoms with Crippen molar-refractivity contribution in [3.05, 3.63) is 65.5 Å². The van der Waals surface area contributed by atoms with Crippen molar-refractivity contribution in [2.45, 2.75) is 25.7 Å². The van der Waals surface area contributed by atoms with Crippen LogP contribution < -0.4 is 5.32 Å². The van der Waals surface area contributed by atoms with Gasteiger partial charge in [0.05, 0.1) is 11.6 Å². The SMILES string of the molecule is CC(NC(=O)N(C)Cc1ccccc1C(F)(F)F)c1ccncc1. The summed E-state index contributed by atoms with van der Waals surface area (Å²) in [6.45, 7) is 1.66. The summed E-state index contributed by atoms with van der Waals surface area (Å²) in [4.78, 5) is 17.3. The first kappa shape index (κ1) is 17.8. The van der Waals surface area contributed by atoms with E-state index in [9.17, 15) is 18.0 Å². The van der Waals surface area contributed by atoms with Crippen molar-refractivity contribution in [2.75, 3.05) is 7.05 Å². The van der Waals surface area contributed by atoms with Crippen molar-refractivity contribution in [3.63, 3.8) is 0 Å². The van der Waals surface area contributed by atoms with Gasteiger partial charge in [-0.3, -0.25) is 4.98 Å². The van der Waals surface area contributed by atoms with Crippen molar-refractivity contribution >= 4 is 6.03 Å². The number of pyridine rings is 1. The molecule has 0 bridgehead atoms. The van der Waals surface area contributed by atoms with Crippen molar-refractivity contribution in [2.24, 2.45) is 0 Å². The first-order chi connectivity index (χ1) is 11.3. The number of halogens is 3. The average molecular weight is 337 g/mol. The Morgan fingerprint density at radius 1 is 1.21 bits per heavy atom. The molecular formula is C17H18F3N3O. The molecule has 7 heteroatoms. The van der Waals surface area contributed by atoms with Gasteiger partial charge in [-0.1, -0.05) is 18.2 Å². The highest BCUT2D eigenvalue weighted by atomic mass is 19.4. The van der Waals surface area contributed by atoms with Crippen molar-refractivity contribution in [3.8, 4) is 0 Å². The lowest BCUT2D eigenvalue weighted by Crippen LogP contribution is -2.38. The van der Waals surface area contributed by atoms with Gasteiger partial charge in [0.2, 0.25) is 0 Å². The van der Waals surface area contributed by atoms with Crippen LogP contribution in [0.4, 0.5) is 18.0 Å². The third-order valence-electron chi connectivity index (χ3n) is 3.62. The van der Waals surface area contributed by atoms with E-state index in [2.05, 4.69) is 10.3 Å². The largest absolute Gasteiger partial charge is 0.416 e. The predicted octanol–water partition coefficient (Wildman–Crippen LogP) is 4.00. The molecule has 1 atom stereocenters. The fourth-order valence-electron chi connectivity index (χ4n) is 2.29. The first-order valence-electron chi connectivity index (χ1n) is 7.35. The molecular weight excluding hydrogens is 319 g/mol. The summed E-state index contributed by atoms with van der Waals surface area (Å²) in [6.07, 6.45) is -1.22. The van der Waals surface area contributed by atoms with Crippen molar-refractivity contribution < 1.29 is 18.0 Å². The Labute approximate surface area is 138 Å². The number of hydrogen-bond acceptors (Lipinski definition) is 2. The molecule has 0 saturated heterocycles. The second-order valence-corrected chi connectivity index (χ2v) is 5.46. The van der Waals surface area contributed by atoms with E-state index in [1.165, 1.54) is 30.1 Å². The van der Waals surface area contributed by atoms with E-state index in [4.69, 9.17) is 0 Å². The van der Waals surface area contributed by atoms with Gasteiger partial charge in [0.15, 0.2) is 0 Å². The molecule has 128 valence electrons. The molecule has 2 aromatic rings. The summed E-state index contributed by atoms with van der Waals surface area (Å²) < 4.78 is 39.0. The van der Waals surface area contributed by atoms with Crippen molar-refractivity contribution in [1.82, 2.24) is 15.2 Å². The van der Waals surface area contributed by atoms with Gasteiger partial charge in [-0.2, -0.15) is 13.2 Å². The number of nitrogens with one attached hydrogen (secondary N) is 1. The van der Waals surface area contributed by atoms with Gasteiger partial charge in [-0.25, -0.2) is 4.79 Å². The van der Waals surface area contributed by atoms with Crippen molar-refractivity contribution in [1.29, 1.82) is 0 Å². The van der Waals surface area contributed by atoms with E-state index in [1.54, 1.807) is 31.5 Å².